The zero-order valence-corrected chi connectivity index (χ0v) is 12.7. The van der Waals surface area contributed by atoms with E-state index >= 15 is 0 Å². The maximum atomic E-state index is 8.89. The summed E-state index contributed by atoms with van der Waals surface area (Å²) >= 11 is 3.50. The van der Waals surface area contributed by atoms with Gasteiger partial charge in [0, 0.05) is 11.1 Å². The third-order valence-electron chi connectivity index (χ3n) is 2.86. The lowest BCUT2D eigenvalue weighted by Gasteiger charge is -2.14. The highest BCUT2D eigenvalue weighted by molar-refractivity contribution is 9.10. The molecule has 0 amide bonds. The first-order valence-corrected chi connectivity index (χ1v) is 7.07. The van der Waals surface area contributed by atoms with Gasteiger partial charge >= 0.3 is 0 Å². The van der Waals surface area contributed by atoms with E-state index in [-0.39, 0.29) is 5.41 Å². The number of unbranched alkanes of at least 4 members (excludes halogenated alkanes) is 1. The number of nitriles is 1. The number of benzene rings is 1. The second kappa shape index (κ2) is 7.56. The largest absolute Gasteiger partial charge is 0.377 e. The Kier molecular flexibility index (Phi) is 6.38. The van der Waals surface area contributed by atoms with Gasteiger partial charge in [0.25, 0.3) is 0 Å². The molecule has 0 radical (unpaired) electrons. The van der Waals surface area contributed by atoms with Crippen LogP contribution in [0.15, 0.2) is 28.7 Å². The first kappa shape index (κ1) is 15.2. The van der Waals surface area contributed by atoms with Crippen LogP contribution in [0.5, 0.6) is 0 Å². The highest BCUT2D eigenvalue weighted by Crippen LogP contribution is 2.21. The lowest BCUT2D eigenvalue weighted by atomic mass is 9.89. The van der Waals surface area contributed by atoms with Crippen molar-refractivity contribution in [3.63, 3.8) is 0 Å². The highest BCUT2D eigenvalue weighted by Gasteiger charge is 2.15. The average molecular weight is 310 g/mol. The molecule has 18 heavy (non-hydrogen) atoms. The van der Waals surface area contributed by atoms with Crippen LogP contribution in [-0.4, -0.2) is 6.61 Å². The van der Waals surface area contributed by atoms with Crippen molar-refractivity contribution in [3.05, 3.63) is 34.3 Å². The van der Waals surface area contributed by atoms with Crippen molar-refractivity contribution < 1.29 is 4.74 Å². The van der Waals surface area contributed by atoms with Gasteiger partial charge in [-0.15, -0.1) is 0 Å². The van der Waals surface area contributed by atoms with Crippen LogP contribution in [0.25, 0.3) is 0 Å². The van der Waals surface area contributed by atoms with Crippen LogP contribution < -0.4 is 0 Å². The molecule has 1 aromatic rings. The normalized spacial score (nSPS) is 11.2. The van der Waals surface area contributed by atoms with Crippen LogP contribution in [0.2, 0.25) is 0 Å². The van der Waals surface area contributed by atoms with Gasteiger partial charge in [-0.1, -0.05) is 34.1 Å². The summed E-state index contributed by atoms with van der Waals surface area (Å²) in [5, 5.41) is 8.89. The molecule has 1 aromatic carbocycles. The van der Waals surface area contributed by atoms with E-state index in [0.29, 0.717) is 6.61 Å². The molecule has 0 spiro atoms. The van der Waals surface area contributed by atoms with Gasteiger partial charge in [0.2, 0.25) is 0 Å². The lowest BCUT2D eigenvalue weighted by Crippen LogP contribution is -2.08. The summed E-state index contributed by atoms with van der Waals surface area (Å²) in [5.41, 5.74) is 0.970. The number of nitrogens with zero attached hydrogens (tertiary/aromatic N) is 1. The maximum Gasteiger partial charge on any atom is 0.0727 e. The Morgan fingerprint density at radius 2 is 2.00 bits per heavy atom. The molecule has 98 valence electrons. The van der Waals surface area contributed by atoms with Crippen LogP contribution in [0.3, 0.4) is 0 Å². The van der Waals surface area contributed by atoms with Gasteiger partial charge in [-0.3, -0.25) is 0 Å². The summed E-state index contributed by atoms with van der Waals surface area (Å²) in [5.74, 6) is 0. The molecule has 0 N–H and O–H groups in total. The average Bonchev–Trinajstić information content (AvgIpc) is 2.35. The minimum absolute atomic E-state index is 0.206. The summed E-state index contributed by atoms with van der Waals surface area (Å²) in [4.78, 5) is 0. The number of halogens is 1. The Morgan fingerprint density at radius 1 is 1.28 bits per heavy atom. The Balaban J connectivity index is 2.13. The van der Waals surface area contributed by atoms with Gasteiger partial charge in [-0.25, -0.2) is 0 Å². The van der Waals surface area contributed by atoms with Gasteiger partial charge in [0.1, 0.15) is 0 Å². The second-order valence-electron chi connectivity index (χ2n) is 5.10. The summed E-state index contributed by atoms with van der Waals surface area (Å²) in [6, 6.07) is 10.4. The summed E-state index contributed by atoms with van der Waals surface area (Å²) < 4.78 is 6.73. The molecule has 0 bridgehead atoms. The van der Waals surface area contributed by atoms with Crippen molar-refractivity contribution in [2.75, 3.05) is 6.61 Å². The van der Waals surface area contributed by atoms with Gasteiger partial charge in [-0.05, 0) is 44.7 Å². The first-order valence-electron chi connectivity index (χ1n) is 6.27. The number of ether oxygens (including phenoxy) is 1. The number of hydrogen-bond donors (Lipinski definition) is 0. The molecule has 0 aliphatic heterocycles. The first-order chi connectivity index (χ1) is 8.55. The molecular weight excluding hydrogens is 290 g/mol. The standard InChI is InChI=1S/C15H20BrNO/c1-15(2,12-17)9-5-6-10-18-11-13-7-3-4-8-14(13)16/h3-4,7-8H,5-6,9-11H2,1-2H3. The van der Waals surface area contributed by atoms with E-state index < -0.39 is 0 Å². The third kappa shape index (κ3) is 5.66. The van der Waals surface area contributed by atoms with Crippen molar-refractivity contribution >= 4 is 15.9 Å². The van der Waals surface area contributed by atoms with E-state index in [1.54, 1.807) is 0 Å². The Morgan fingerprint density at radius 3 is 2.67 bits per heavy atom. The Bertz CT molecular complexity index is 409. The number of hydrogen-bond acceptors (Lipinski definition) is 2. The molecule has 0 aromatic heterocycles. The van der Waals surface area contributed by atoms with E-state index in [4.69, 9.17) is 10.00 Å². The van der Waals surface area contributed by atoms with Crippen LogP contribution >= 0.6 is 15.9 Å². The van der Waals surface area contributed by atoms with Crippen molar-refractivity contribution in [2.24, 2.45) is 5.41 Å². The molecule has 0 aliphatic rings. The maximum absolute atomic E-state index is 8.89. The predicted molar refractivity (Wildman–Crippen MR) is 77.0 cm³/mol. The van der Waals surface area contributed by atoms with Crippen LogP contribution in [0.1, 0.15) is 38.7 Å². The molecule has 2 nitrogen and oxygen atoms in total. The van der Waals surface area contributed by atoms with Crippen molar-refractivity contribution in [3.8, 4) is 6.07 Å². The molecule has 0 saturated carbocycles. The van der Waals surface area contributed by atoms with Crippen molar-refractivity contribution in [1.29, 1.82) is 5.26 Å². The Hall–Kier alpha value is -0.850. The molecular formula is C15H20BrNO. The molecule has 0 aliphatic carbocycles. The SMILES string of the molecule is CC(C)(C#N)CCCCOCc1ccccc1Br. The van der Waals surface area contributed by atoms with Gasteiger partial charge in [0.05, 0.1) is 18.1 Å². The van der Waals surface area contributed by atoms with E-state index in [1.807, 2.05) is 32.0 Å². The minimum Gasteiger partial charge on any atom is -0.377 e. The molecule has 0 fully saturated rings. The van der Waals surface area contributed by atoms with Gasteiger partial charge in [-0.2, -0.15) is 5.26 Å². The summed E-state index contributed by atoms with van der Waals surface area (Å²) in [6.07, 6.45) is 2.98. The highest BCUT2D eigenvalue weighted by atomic mass is 79.9. The molecule has 3 heteroatoms. The smallest absolute Gasteiger partial charge is 0.0727 e. The number of rotatable bonds is 7. The van der Waals surface area contributed by atoms with Gasteiger partial charge < -0.3 is 4.74 Å². The van der Waals surface area contributed by atoms with Crippen molar-refractivity contribution in [1.82, 2.24) is 0 Å². The monoisotopic (exact) mass is 309 g/mol. The molecule has 0 heterocycles. The third-order valence-corrected chi connectivity index (χ3v) is 3.63. The van der Waals surface area contributed by atoms with Crippen LogP contribution in [0, 0.1) is 16.7 Å². The topological polar surface area (TPSA) is 33.0 Å². The summed E-state index contributed by atoms with van der Waals surface area (Å²) in [7, 11) is 0. The van der Waals surface area contributed by atoms with E-state index in [2.05, 4.69) is 28.1 Å². The lowest BCUT2D eigenvalue weighted by molar-refractivity contribution is 0.115. The van der Waals surface area contributed by atoms with Crippen LogP contribution in [-0.2, 0) is 11.3 Å². The fourth-order valence-corrected chi connectivity index (χ4v) is 2.02. The van der Waals surface area contributed by atoms with Crippen molar-refractivity contribution in [2.45, 2.75) is 39.7 Å². The quantitative estimate of drug-likeness (QED) is 0.685. The zero-order chi connectivity index (χ0) is 13.4. The van der Waals surface area contributed by atoms with Crippen LogP contribution in [0.4, 0.5) is 0 Å². The van der Waals surface area contributed by atoms with Gasteiger partial charge in [0.15, 0.2) is 0 Å². The predicted octanol–water partition coefficient (Wildman–Crippen LogP) is 4.69. The second-order valence-corrected chi connectivity index (χ2v) is 5.95. The molecule has 0 unspecified atom stereocenters. The zero-order valence-electron chi connectivity index (χ0n) is 11.1. The van der Waals surface area contributed by atoms with E-state index in [0.717, 1.165) is 30.3 Å². The minimum atomic E-state index is -0.206. The Labute approximate surface area is 118 Å². The molecule has 0 atom stereocenters. The van der Waals surface area contributed by atoms with E-state index in [1.165, 1.54) is 5.56 Å². The molecule has 0 saturated heterocycles. The fraction of sp³-hybridized carbons (Fsp3) is 0.533. The van der Waals surface area contributed by atoms with E-state index in [9.17, 15) is 0 Å². The molecule has 1 rings (SSSR count). The summed E-state index contributed by atoms with van der Waals surface area (Å²) in [6.45, 7) is 5.36. The fourth-order valence-electron chi connectivity index (χ4n) is 1.62.